The van der Waals surface area contributed by atoms with Crippen LogP contribution in [0.4, 0.5) is 9.59 Å². The lowest BCUT2D eigenvalue weighted by molar-refractivity contribution is -0.135. The number of hydrogen-bond donors (Lipinski definition) is 4. The van der Waals surface area contributed by atoms with E-state index in [9.17, 15) is 19.2 Å². The molecule has 4 N–H and O–H groups in total. The van der Waals surface area contributed by atoms with E-state index < -0.39 is 24.3 Å². The van der Waals surface area contributed by atoms with Crippen LogP contribution in [0, 0.1) is 0 Å². The van der Waals surface area contributed by atoms with Crippen molar-refractivity contribution in [2.45, 2.75) is 49.9 Å². The molecule has 16 nitrogen and oxygen atoms in total. The van der Waals surface area contributed by atoms with E-state index >= 15 is 0 Å². The molecule has 2 aliphatic heterocycles. The van der Waals surface area contributed by atoms with E-state index in [-0.39, 0.29) is 23.9 Å². The number of rotatable bonds is 12. The summed E-state index contributed by atoms with van der Waals surface area (Å²) in [5.41, 5.74) is 2.90. The highest BCUT2D eigenvalue weighted by atomic mass is 32.1. The van der Waals surface area contributed by atoms with Crippen LogP contribution < -0.4 is 20.1 Å². The van der Waals surface area contributed by atoms with Crippen molar-refractivity contribution in [3.8, 4) is 32.6 Å². The lowest BCUT2D eigenvalue weighted by Gasteiger charge is -2.28. The number of carbonyl (C=O) groups is 4. The van der Waals surface area contributed by atoms with Gasteiger partial charge in [0.1, 0.15) is 35.2 Å². The Hall–Kier alpha value is -6.92. The zero-order chi connectivity index (χ0) is 44.5. The summed E-state index contributed by atoms with van der Waals surface area (Å²) >= 11 is 3.10. The molecule has 3 aromatic carbocycles. The van der Waals surface area contributed by atoms with Crippen LogP contribution in [0.3, 0.4) is 0 Å². The Morgan fingerprint density at radius 1 is 0.641 bits per heavy atom. The van der Waals surface area contributed by atoms with Gasteiger partial charge in [-0.1, -0.05) is 60.7 Å². The van der Waals surface area contributed by atoms with Crippen molar-refractivity contribution in [2.24, 2.45) is 0 Å². The number of amides is 4. The van der Waals surface area contributed by atoms with Gasteiger partial charge in [-0.15, -0.1) is 22.7 Å². The number of H-pyrrole nitrogens is 2. The van der Waals surface area contributed by atoms with Gasteiger partial charge in [0.05, 0.1) is 83.5 Å². The molecule has 64 heavy (non-hydrogen) atoms. The van der Waals surface area contributed by atoms with Crippen LogP contribution in [0.15, 0.2) is 85.2 Å². The fraction of sp³-hybridized carbons (Fsp3) is 0.304. The number of alkyl carbamates (subject to hydrolysis) is 2. The second-order valence-corrected chi connectivity index (χ2v) is 17.6. The van der Waals surface area contributed by atoms with Crippen LogP contribution >= 0.6 is 22.7 Å². The predicted molar refractivity (Wildman–Crippen MR) is 242 cm³/mol. The van der Waals surface area contributed by atoms with Gasteiger partial charge in [0.25, 0.3) is 11.8 Å². The monoisotopic (exact) mass is 902 g/mol. The molecule has 2 fully saturated rings. The predicted octanol–water partition coefficient (Wildman–Crippen LogP) is 8.44. The number of aromatic nitrogens is 4. The highest BCUT2D eigenvalue weighted by Gasteiger charge is 2.39. The SMILES string of the molecule is COC(=O)NC(C(=O)N1CCCC1c1ncc(-c2cc3c(OC)c4sc(-c5cnc(C6CCCN6C(=O)C(NC(=O)OC)c6ccccc6)[nH]5)cc4c(OC)c3s2)[nH]1)c1ccccc1. The number of hydrogen-bond acceptors (Lipinski definition) is 12. The zero-order valence-electron chi connectivity index (χ0n) is 35.5. The molecule has 6 heterocycles. The van der Waals surface area contributed by atoms with Gasteiger partial charge in [0.2, 0.25) is 0 Å². The summed E-state index contributed by atoms with van der Waals surface area (Å²) in [6, 6.07) is 19.9. The Labute approximate surface area is 375 Å². The van der Waals surface area contributed by atoms with Crippen molar-refractivity contribution >= 4 is 66.8 Å². The first-order chi connectivity index (χ1) is 31.2. The molecule has 330 valence electrons. The second kappa shape index (κ2) is 18.1. The van der Waals surface area contributed by atoms with Crippen LogP contribution in [0.1, 0.15) is 72.6 Å². The Bertz CT molecular complexity index is 2590. The van der Waals surface area contributed by atoms with Gasteiger partial charge >= 0.3 is 12.2 Å². The first-order valence-corrected chi connectivity index (χ1v) is 22.5. The average molecular weight is 903 g/mol. The average Bonchev–Trinajstić information content (AvgIpc) is 4.18. The third kappa shape index (κ3) is 7.87. The maximum absolute atomic E-state index is 14.1. The Balaban J connectivity index is 0.983. The molecule has 0 aliphatic carbocycles. The van der Waals surface area contributed by atoms with Crippen LogP contribution in [0.25, 0.3) is 41.3 Å². The summed E-state index contributed by atoms with van der Waals surface area (Å²) in [5, 5.41) is 7.20. The van der Waals surface area contributed by atoms with E-state index in [1.165, 1.54) is 14.2 Å². The molecule has 0 spiro atoms. The smallest absolute Gasteiger partial charge is 0.407 e. The summed E-state index contributed by atoms with van der Waals surface area (Å²) in [6.45, 7) is 1.04. The fourth-order valence-electron chi connectivity index (χ4n) is 8.82. The first kappa shape index (κ1) is 42.4. The lowest BCUT2D eigenvalue weighted by atomic mass is 10.1. The molecule has 4 unspecified atom stereocenters. The van der Waals surface area contributed by atoms with Crippen molar-refractivity contribution in [2.75, 3.05) is 41.5 Å². The number of likely N-dealkylation sites (tertiary alicyclic amines) is 2. The molecular weight excluding hydrogens is 857 g/mol. The van der Waals surface area contributed by atoms with Gasteiger partial charge in [0.15, 0.2) is 0 Å². The fourth-order valence-corrected chi connectivity index (χ4v) is 11.1. The maximum atomic E-state index is 14.1. The minimum atomic E-state index is -0.916. The molecule has 2 saturated heterocycles. The molecule has 0 bridgehead atoms. The quantitative estimate of drug-likeness (QED) is 0.0925. The number of aromatic amines is 2. The van der Waals surface area contributed by atoms with Gasteiger partial charge in [0, 0.05) is 23.9 Å². The molecule has 7 aromatic rings. The zero-order valence-corrected chi connectivity index (χ0v) is 37.1. The maximum Gasteiger partial charge on any atom is 0.407 e. The number of thiophene rings is 2. The van der Waals surface area contributed by atoms with E-state index in [4.69, 9.17) is 28.9 Å². The molecule has 9 rings (SSSR count). The summed E-state index contributed by atoms with van der Waals surface area (Å²) in [6.07, 6.45) is 5.19. The topological polar surface area (TPSA) is 193 Å². The van der Waals surface area contributed by atoms with E-state index in [1.807, 2.05) is 60.7 Å². The highest BCUT2D eigenvalue weighted by Crippen LogP contribution is 2.52. The number of fused-ring (bicyclic) bond motifs is 2. The third-order valence-electron chi connectivity index (χ3n) is 11.9. The van der Waals surface area contributed by atoms with Crippen molar-refractivity contribution in [3.63, 3.8) is 0 Å². The number of imidazole rings is 2. The second-order valence-electron chi connectivity index (χ2n) is 15.5. The summed E-state index contributed by atoms with van der Waals surface area (Å²) in [7, 11) is 5.87. The molecule has 0 saturated carbocycles. The van der Waals surface area contributed by atoms with E-state index in [2.05, 4.69) is 32.7 Å². The number of nitrogens with one attached hydrogen (secondary N) is 4. The van der Waals surface area contributed by atoms with Crippen molar-refractivity contribution in [3.05, 3.63) is 108 Å². The highest BCUT2D eigenvalue weighted by molar-refractivity contribution is 7.24. The van der Waals surface area contributed by atoms with Gasteiger partial charge in [-0.3, -0.25) is 9.59 Å². The van der Waals surface area contributed by atoms with Crippen LogP contribution in [0.2, 0.25) is 0 Å². The van der Waals surface area contributed by atoms with E-state index in [0.29, 0.717) is 60.2 Å². The van der Waals surface area contributed by atoms with Crippen LogP contribution in [-0.4, -0.2) is 95.3 Å². The normalized spacial score (nSPS) is 17.1. The van der Waals surface area contributed by atoms with Crippen LogP contribution in [0.5, 0.6) is 11.5 Å². The summed E-state index contributed by atoms with van der Waals surface area (Å²) in [5.74, 6) is 2.25. The number of ether oxygens (including phenoxy) is 4. The third-order valence-corrected chi connectivity index (χ3v) is 14.2. The summed E-state index contributed by atoms with van der Waals surface area (Å²) < 4.78 is 23.8. The Morgan fingerprint density at radius 2 is 1.05 bits per heavy atom. The number of methoxy groups -OCH3 is 4. The largest absolute Gasteiger partial charge is 0.495 e. The molecule has 18 heteroatoms. The minimum Gasteiger partial charge on any atom is -0.495 e. The number of carbonyl (C=O) groups excluding carboxylic acids is 4. The van der Waals surface area contributed by atoms with Gasteiger partial charge in [-0.05, 0) is 48.9 Å². The van der Waals surface area contributed by atoms with Gasteiger partial charge in [-0.2, -0.15) is 0 Å². The standard InChI is InChI=1S/C46H46N8O8S2/c1-59-37-27-21-33(29-23-47-41(49-29)31-17-11-19-53(31)43(55)35(51-45(57)61-3)25-13-7-5-8-14-25)64-40(27)38(60-2)28-22-34(63-39(28)37)30-24-48-42(50-30)32-18-12-20-54(32)44(56)36(52-46(58)62-4)26-15-9-6-10-16-26/h5-10,13-16,21-24,31-32,35-36H,11-12,17-20H2,1-4H3,(H,47,49)(H,48,50)(H,51,57)(H,52,58). The minimum absolute atomic E-state index is 0.239. The molecule has 2 aliphatic rings. The Morgan fingerprint density at radius 3 is 1.42 bits per heavy atom. The molecule has 4 amide bonds. The van der Waals surface area contributed by atoms with Gasteiger partial charge < -0.3 is 49.3 Å². The van der Waals surface area contributed by atoms with Crippen molar-refractivity contribution in [1.29, 1.82) is 0 Å². The lowest BCUT2D eigenvalue weighted by Crippen LogP contribution is -2.42. The molecular formula is C46H46N8O8S2. The van der Waals surface area contributed by atoms with Crippen LogP contribution in [-0.2, 0) is 19.1 Å². The molecule has 4 aromatic heterocycles. The Kier molecular flexibility index (Phi) is 12.0. The van der Waals surface area contributed by atoms with Crippen molar-refractivity contribution < 1.29 is 38.1 Å². The molecule has 4 atom stereocenters. The number of benzene rings is 3. The number of nitrogens with zero attached hydrogens (tertiary/aromatic N) is 4. The molecule has 0 radical (unpaired) electrons. The van der Waals surface area contributed by atoms with Gasteiger partial charge in [-0.25, -0.2) is 19.6 Å². The van der Waals surface area contributed by atoms with Crippen molar-refractivity contribution in [1.82, 2.24) is 40.4 Å². The van der Waals surface area contributed by atoms with E-state index in [0.717, 1.165) is 54.2 Å². The first-order valence-electron chi connectivity index (χ1n) is 20.8. The summed E-state index contributed by atoms with van der Waals surface area (Å²) in [4.78, 5) is 74.7. The van der Waals surface area contributed by atoms with E-state index in [1.54, 1.807) is 59.1 Å².